The van der Waals surface area contributed by atoms with E-state index >= 15 is 0 Å². The Labute approximate surface area is 268 Å². The van der Waals surface area contributed by atoms with E-state index in [0.717, 1.165) is 11.3 Å². The average Bonchev–Trinajstić information content (AvgIpc) is 3.53. The van der Waals surface area contributed by atoms with Crippen molar-refractivity contribution in [1.29, 1.82) is 0 Å². The molecule has 0 spiro atoms. The van der Waals surface area contributed by atoms with Crippen molar-refractivity contribution in [3.05, 3.63) is 125 Å². The maximum atomic E-state index is 14.1. The summed E-state index contributed by atoms with van der Waals surface area (Å²) >= 11 is 6.04. The predicted molar refractivity (Wildman–Crippen MR) is 171 cm³/mol. The van der Waals surface area contributed by atoms with Crippen LogP contribution in [-0.2, 0) is 9.53 Å². The number of halogens is 1. The molecule has 0 aliphatic carbocycles. The molecule has 0 amide bonds. The lowest BCUT2D eigenvalue weighted by atomic mass is 9.93. The number of aromatic nitrogens is 3. The fourth-order valence-electron chi connectivity index (χ4n) is 4.74. The first-order chi connectivity index (χ1) is 21.4. The van der Waals surface area contributed by atoms with Crippen LogP contribution in [0.3, 0.4) is 0 Å². The van der Waals surface area contributed by atoms with E-state index in [1.165, 1.54) is 23.1 Å². The van der Waals surface area contributed by atoms with Gasteiger partial charge in [0, 0.05) is 23.5 Å². The first kappa shape index (κ1) is 29.8. The lowest BCUT2D eigenvalue weighted by Crippen LogP contribution is -2.40. The smallest absolute Gasteiger partial charge is 0.338 e. The van der Waals surface area contributed by atoms with Gasteiger partial charge in [-0.2, -0.15) is 0 Å². The van der Waals surface area contributed by atoms with Gasteiger partial charge in [-0.15, -0.1) is 0 Å². The van der Waals surface area contributed by atoms with Crippen molar-refractivity contribution in [1.82, 2.24) is 14.5 Å². The van der Waals surface area contributed by atoms with Gasteiger partial charge in [0.1, 0.15) is 11.5 Å². The monoisotopic (exact) mass is 688 g/mol. The molecule has 0 saturated carbocycles. The van der Waals surface area contributed by atoms with Gasteiger partial charge in [0.15, 0.2) is 15.1 Å². The summed E-state index contributed by atoms with van der Waals surface area (Å²) in [7, 11) is 1.58. The second kappa shape index (κ2) is 12.8. The third kappa shape index (κ3) is 5.92. The Morgan fingerprint density at radius 2 is 1.93 bits per heavy atom. The third-order valence-electron chi connectivity index (χ3n) is 6.71. The number of carbonyl (C=O) groups excluding carboxylic acids is 1. The van der Waals surface area contributed by atoms with E-state index in [9.17, 15) is 9.59 Å². The first-order valence-corrected chi connectivity index (χ1v) is 16.0. The van der Waals surface area contributed by atoms with E-state index in [1.54, 1.807) is 49.1 Å². The van der Waals surface area contributed by atoms with Crippen molar-refractivity contribution in [2.24, 2.45) is 4.99 Å². The molecule has 3 aromatic heterocycles. The van der Waals surface area contributed by atoms with Gasteiger partial charge in [-0.05, 0) is 71.4 Å². The molecule has 44 heavy (non-hydrogen) atoms. The minimum absolute atomic E-state index is 0.172. The fraction of sp³-hybridized carbons (Fsp3) is 0.156. The van der Waals surface area contributed by atoms with E-state index in [0.29, 0.717) is 46.8 Å². The number of fused-ring (bicyclic) bond motifs is 1. The molecule has 0 bridgehead atoms. The second-order valence-electron chi connectivity index (χ2n) is 9.57. The van der Waals surface area contributed by atoms with Crippen LogP contribution in [0.25, 0.3) is 11.8 Å². The molecule has 1 atom stereocenters. The predicted octanol–water partition coefficient (Wildman–Crippen LogP) is 5.55. The summed E-state index contributed by atoms with van der Waals surface area (Å²) in [5.41, 5.74) is 2.71. The number of hydrogen-bond acceptors (Lipinski definition) is 10. The zero-order valence-corrected chi connectivity index (χ0v) is 27.0. The van der Waals surface area contributed by atoms with E-state index in [-0.39, 0.29) is 17.7 Å². The van der Waals surface area contributed by atoms with Crippen molar-refractivity contribution in [2.75, 3.05) is 13.7 Å². The Bertz CT molecular complexity index is 2070. The largest absolute Gasteiger partial charge is 0.497 e. The maximum Gasteiger partial charge on any atom is 0.338 e. The van der Waals surface area contributed by atoms with Crippen LogP contribution in [0.15, 0.2) is 107 Å². The number of esters is 1. The number of carbonyl (C=O) groups is 1. The lowest BCUT2D eigenvalue weighted by Gasteiger charge is -2.26. The van der Waals surface area contributed by atoms with Gasteiger partial charge in [-0.1, -0.05) is 53.8 Å². The minimum atomic E-state index is -0.790. The molecule has 222 valence electrons. The summed E-state index contributed by atoms with van der Waals surface area (Å²) in [5, 5.41) is 1.10. The molecule has 2 aromatic carbocycles. The quantitative estimate of drug-likeness (QED) is 0.154. The van der Waals surface area contributed by atoms with Gasteiger partial charge in [0.05, 0.1) is 40.0 Å². The highest BCUT2D eigenvalue weighted by atomic mass is 79.9. The van der Waals surface area contributed by atoms with Gasteiger partial charge in [-0.3, -0.25) is 9.36 Å². The zero-order chi connectivity index (χ0) is 30.8. The molecule has 0 fully saturated rings. The van der Waals surface area contributed by atoms with E-state index < -0.39 is 12.0 Å². The van der Waals surface area contributed by atoms with Crippen molar-refractivity contribution in [2.45, 2.75) is 30.1 Å². The summed E-state index contributed by atoms with van der Waals surface area (Å²) in [4.78, 5) is 41.8. The number of furan rings is 1. The number of nitrogens with zero attached hydrogens (tertiary/aromatic N) is 4. The van der Waals surface area contributed by atoms with E-state index in [4.69, 9.17) is 18.9 Å². The Morgan fingerprint density at radius 1 is 1.16 bits per heavy atom. The van der Waals surface area contributed by atoms with Gasteiger partial charge in [-0.25, -0.2) is 19.8 Å². The van der Waals surface area contributed by atoms with Gasteiger partial charge in [0.25, 0.3) is 5.56 Å². The molecule has 12 heteroatoms. The normalized spacial score (nSPS) is 14.7. The molecule has 0 radical (unpaired) electrons. The molecule has 5 aromatic rings. The number of ether oxygens (including phenoxy) is 2. The van der Waals surface area contributed by atoms with Gasteiger partial charge in [0.2, 0.25) is 0 Å². The first-order valence-electron chi connectivity index (χ1n) is 13.6. The van der Waals surface area contributed by atoms with Gasteiger partial charge >= 0.3 is 5.97 Å². The maximum absolute atomic E-state index is 14.1. The van der Waals surface area contributed by atoms with Crippen molar-refractivity contribution in [3.8, 4) is 5.75 Å². The molecule has 6 rings (SSSR count). The van der Waals surface area contributed by atoms with Crippen LogP contribution < -0.4 is 19.6 Å². The summed E-state index contributed by atoms with van der Waals surface area (Å²) in [5.74, 6) is 0.575. The number of aryl methyl sites for hydroxylation is 1. The summed E-state index contributed by atoms with van der Waals surface area (Å²) < 4.78 is 19.6. The standard InChI is InChI=1S/C32H25BrN4O5S2/c1-4-41-29(39)25-26(19-8-6-5-7-9-19)36-32-37(27(25)20-10-12-21(40-3)13-11-20)28(38)24(43-32)17-22-16-23(33)30(42-22)44-31-34-15-14-18(2)35-31/h5-17,27H,4H2,1-3H3/b24-17+/t27-/m1/s1. The number of methoxy groups -OCH3 is 1. The van der Waals surface area contributed by atoms with Crippen molar-refractivity contribution in [3.63, 3.8) is 0 Å². The third-order valence-corrected chi connectivity index (χ3v) is 9.41. The molecule has 9 nitrogen and oxygen atoms in total. The number of rotatable bonds is 8. The second-order valence-corrected chi connectivity index (χ2v) is 12.4. The van der Waals surface area contributed by atoms with Crippen LogP contribution in [0.5, 0.6) is 5.75 Å². The van der Waals surface area contributed by atoms with Crippen LogP contribution >= 0.6 is 39.0 Å². The number of thiazole rings is 1. The van der Waals surface area contributed by atoms with E-state index in [1.807, 2.05) is 55.5 Å². The van der Waals surface area contributed by atoms with Crippen LogP contribution in [0, 0.1) is 6.92 Å². The molecule has 4 heterocycles. The van der Waals surface area contributed by atoms with Crippen LogP contribution in [-0.4, -0.2) is 34.2 Å². The fourth-order valence-corrected chi connectivity index (χ4v) is 7.03. The Morgan fingerprint density at radius 3 is 2.64 bits per heavy atom. The highest BCUT2D eigenvalue weighted by Gasteiger charge is 2.35. The van der Waals surface area contributed by atoms with Gasteiger partial charge < -0.3 is 13.9 Å². The van der Waals surface area contributed by atoms with Crippen molar-refractivity contribution < 1.29 is 18.7 Å². The van der Waals surface area contributed by atoms with Crippen LogP contribution in [0.2, 0.25) is 0 Å². The SMILES string of the molecule is CCOC(=O)C1=C(c2ccccc2)N=c2s/c(=C/c3cc(Br)c(Sc4nccc(C)n4)o3)c(=O)n2[C@@H]1c1ccc(OC)cc1. The molecule has 1 aliphatic rings. The summed E-state index contributed by atoms with van der Waals surface area (Å²) in [6.45, 7) is 3.81. The minimum Gasteiger partial charge on any atom is -0.497 e. The average molecular weight is 690 g/mol. The lowest BCUT2D eigenvalue weighted by molar-refractivity contribution is -0.138. The molecular formula is C32H25BrN4O5S2. The highest BCUT2D eigenvalue weighted by molar-refractivity contribution is 9.10. The molecular weight excluding hydrogens is 664 g/mol. The zero-order valence-electron chi connectivity index (χ0n) is 23.8. The summed E-state index contributed by atoms with van der Waals surface area (Å²) in [6, 6.07) is 19.5. The Kier molecular flexibility index (Phi) is 8.65. The molecule has 0 saturated heterocycles. The Hall–Kier alpha value is -4.26. The number of hydrogen-bond donors (Lipinski definition) is 0. The molecule has 1 aliphatic heterocycles. The highest BCUT2D eigenvalue weighted by Crippen LogP contribution is 2.36. The molecule has 0 N–H and O–H groups in total. The van der Waals surface area contributed by atoms with Crippen LogP contribution in [0.1, 0.15) is 35.5 Å². The number of benzene rings is 2. The van der Waals surface area contributed by atoms with Crippen LogP contribution in [0.4, 0.5) is 0 Å². The molecule has 0 unspecified atom stereocenters. The van der Waals surface area contributed by atoms with E-state index in [2.05, 4.69) is 25.9 Å². The summed E-state index contributed by atoms with van der Waals surface area (Å²) in [6.07, 6.45) is 3.37. The Balaban J connectivity index is 1.52. The topological polar surface area (TPSA) is 109 Å². The van der Waals surface area contributed by atoms with Crippen molar-refractivity contribution >= 4 is 56.8 Å².